The highest BCUT2D eigenvalue weighted by Gasteiger charge is 2.39. The SMILES string of the molecule is CC(C(C)(C)C)C(C)(O[Si])c1ccc2cc(-c3cnc(N)nc3)ccc2c1. The molecule has 0 aliphatic carbocycles. The fourth-order valence-corrected chi connectivity index (χ4v) is 3.74. The van der Waals surface area contributed by atoms with Crippen LogP contribution in [0.4, 0.5) is 5.95 Å². The number of fused-ring (bicyclic) bond motifs is 1. The number of rotatable bonds is 4. The van der Waals surface area contributed by atoms with E-state index in [9.17, 15) is 0 Å². The van der Waals surface area contributed by atoms with Crippen LogP contribution in [-0.2, 0) is 10.0 Å². The number of nitrogen functional groups attached to an aromatic ring is 1. The minimum Gasteiger partial charge on any atom is -0.409 e. The topological polar surface area (TPSA) is 61.0 Å². The third kappa shape index (κ3) is 3.75. The highest BCUT2D eigenvalue weighted by molar-refractivity contribution is 5.98. The first kappa shape index (κ1) is 19.5. The molecular weight excluding hydrogens is 350 g/mol. The molecule has 4 nitrogen and oxygen atoms in total. The standard InChI is InChI=1S/C22H26N3OSi/c1-14(21(2,3)4)22(5,26-27)19-9-8-15-10-16(6-7-17(15)11-19)18-12-24-20(23)25-13-18/h6-14H,1-5H3,(H2,23,24,25). The molecule has 0 aliphatic rings. The van der Waals surface area contributed by atoms with Crippen molar-refractivity contribution in [2.24, 2.45) is 11.3 Å². The summed E-state index contributed by atoms with van der Waals surface area (Å²) in [7, 11) is 3.34. The summed E-state index contributed by atoms with van der Waals surface area (Å²) >= 11 is 0. The second kappa shape index (κ2) is 7.06. The average molecular weight is 377 g/mol. The first-order chi connectivity index (χ1) is 12.6. The van der Waals surface area contributed by atoms with Crippen LogP contribution in [0, 0.1) is 11.3 Å². The van der Waals surface area contributed by atoms with Crippen LogP contribution in [0.2, 0.25) is 0 Å². The number of aromatic nitrogens is 2. The van der Waals surface area contributed by atoms with Gasteiger partial charge in [0.05, 0.1) is 5.60 Å². The van der Waals surface area contributed by atoms with Crippen molar-refractivity contribution in [3.63, 3.8) is 0 Å². The molecule has 1 heterocycles. The maximum Gasteiger partial charge on any atom is 0.247 e. The van der Waals surface area contributed by atoms with Gasteiger partial charge in [-0.15, -0.1) is 0 Å². The van der Waals surface area contributed by atoms with Gasteiger partial charge in [-0.05, 0) is 52.3 Å². The Morgan fingerprint density at radius 1 is 0.926 bits per heavy atom. The molecule has 0 saturated heterocycles. The summed E-state index contributed by atoms with van der Waals surface area (Å²) < 4.78 is 5.84. The Labute approximate surface area is 164 Å². The van der Waals surface area contributed by atoms with Crippen molar-refractivity contribution in [2.75, 3.05) is 5.73 Å². The molecule has 3 radical (unpaired) electrons. The van der Waals surface area contributed by atoms with E-state index in [0.717, 1.165) is 22.1 Å². The molecule has 0 spiro atoms. The summed E-state index contributed by atoms with van der Waals surface area (Å²) in [5.41, 5.74) is 8.42. The van der Waals surface area contributed by atoms with Gasteiger partial charge in [0, 0.05) is 18.0 Å². The number of benzene rings is 2. The van der Waals surface area contributed by atoms with Gasteiger partial charge in [-0.25, -0.2) is 9.97 Å². The Kier molecular flexibility index (Phi) is 5.10. The lowest BCUT2D eigenvalue weighted by Crippen LogP contribution is -2.40. The second-order valence-corrected chi connectivity index (χ2v) is 8.61. The van der Waals surface area contributed by atoms with Gasteiger partial charge in [-0.3, -0.25) is 0 Å². The van der Waals surface area contributed by atoms with Crippen LogP contribution >= 0.6 is 0 Å². The molecule has 139 valence electrons. The fraction of sp³-hybridized carbons (Fsp3) is 0.364. The van der Waals surface area contributed by atoms with Crippen molar-refractivity contribution in [1.82, 2.24) is 9.97 Å². The molecule has 3 rings (SSSR count). The van der Waals surface area contributed by atoms with Gasteiger partial charge in [0.1, 0.15) is 0 Å². The minimum atomic E-state index is -0.438. The summed E-state index contributed by atoms with van der Waals surface area (Å²) in [5, 5.41) is 2.33. The monoisotopic (exact) mass is 376 g/mol. The predicted octanol–water partition coefficient (Wildman–Crippen LogP) is 4.88. The number of anilines is 1. The predicted molar refractivity (Wildman–Crippen MR) is 112 cm³/mol. The molecule has 5 heteroatoms. The quantitative estimate of drug-likeness (QED) is 0.660. The minimum absolute atomic E-state index is 0.107. The molecule has 0 bridgehead atoms. The summed E-state index contributed by atoms with van der Waals surface area (Å²) in [4.78, 5) is 8.16. The van der Waals surface area contributed by atoms with E-state index in [1.165, 1.54) is 5.39 Å². The Morgan fingerprint density at radius 2 is 1.52 bits per heavy atom. The Hall–Kier alpha value is -2.24. The van der Waals surface area contributed by atoms with Crippen molar-refractivity contribution in [3.8, 4) is 11.1 Å². The van der Waals surface area contributed by atoms with Crippen LogP contribution < -0.4 is 5.73 Å². The van der Waals surface area contributed by atoms with E-state index in [2.05, 4.69) is 91.5 Å². The maximum atomic E-state index is 5.84. The van der Waals surface area contributed by atoms with Crippen molar-refractivity contribution < 1.29 is 4.43 Å². The van der Waals surface area contributed by atoms with Crippen molar-refractivity contribution in [3.05, 3.63) is 54.4 Å². The smallest absolute Gasteiger partial charge is 0.247 e. The zero-order valence-electron chi connectivity index (χ0n) is 16.6. The molecular formula is C22H26N3OSi. The molecule has 3 aromatic rings. The molecule has 2 N–H and O–H groups in total. The molecule has 2 aromatic carbocycles. The van der Waals surface area contributed by atoms with E-state index in [1.54, 1.807) is 12.4 Å². The van der Waals surface area contributed by atoms with Crippen LogP contribution in [0.3, 0.4) is 0 Å². The van der Waals surface area contributed by atoms with Crippen LogP contribution in [0.1, 0.15) is 40.2 Å². The van der Waals surface area contributed by atoms with Gasteiger partial charge < -0.3 is 10.2 Å². The summed E-state index contributed by atoms with van der Waals surface area (Å²) in [6.45, 7) is 11.1. The first-order valence-corrected chi connectivity index (χ1v) is 9.53. The van der Waals surface area contributed by atoms with Gasteiger partial charge >= 0.3 is 0 Å². The van der Waals surface area contributed by atoms with Crippen LogP contribution in [0.25, 0.3) is 21.9 Å². The first-order valence-electron chi connectivity index (χ1n) is 9.12. The van der Waals surface area contributed by atoms with Crippen LogP contribution in [-0.4, -0.2) is 20.5 Å². The number of hydrogen-bond donors (Lipinski definition) is 1. The molecule has 0 saturated carbocycles. The summed E-state index contributed by atoms with van der Waals surface area (Å²) in [6, 6.07) is 12.9. The van der Waals surface area contributed by atoms with Gasteiger partial charge in [0.25, 0.3) is 0 Å². The van der Waals surface area contributed by atoms with Crippen LogP contribution in [0.15, 0.2) is 48.8 Å². The Morgan fingerprint density at radius 3 is 2.11 bits per heavy atom. The molecule has 0 aliphatic heterocycles. The van der Waals surface area contributed by atoms with Crippen LogP contribution in [0.5, 0.6) is 0 Å². The Bertz CT molecular complexity index is 950. The van der Waals surface area contributed by atoms with E-state index in [4.69, 9.17) is 10.2 Å². The lowest BCUT2D eigenvalue weighted by molar-refractivity contribution is -0.0147. The zero-order chi connectivity index (χ0) is 19.8. The van der Waals surface area contributed by atoms with Gasteiger partial charge in [-0.1, -0.05) is 52.0 Å². The number of nitrogens with two attached hydrogens (primary N) is 1. The van der Waals surface area contributed by atoms with Gasteiger partial charge in [-0.2, -0.15) is 0 Å². The number of nitrogens with zero attached hydrogens (tertiary/aromatic N) is 2. The van der Waals surface area contributed by atoms with Gasteiger partial charge in [0.2, 0.25) is 16.4 Å². The van der Waals surface area contributed by atoms with E-state index in [0.29, 0.717) is 5.92 Å². The lowest BCUT2D eigenvalue weighted by atomic mass is 9.69. The third-order valence-corrected chi connectivity index (χ3v) is 6.18. The molecule has 2 unspecified atom stereocenters. The zero-order valence-corrected chi connectivity index (χ0v) is 17.6. The maximum absolute atomic E-state index is 5.84. The molecule has 2 atom stereocenters. The number of hydrogen-bond acceptors (Lipinski definition) is 4. The average Bonchev–Trinajstić information content (AvgIpc) is 2.65. The second-order valence-electron chi connectivity index (χ2n) is 8.40. The summed E-state index contributed by atoms with van der Waals surface area (Å²) in [5.74, 6) is 0.581. The van der Waals surface area contributed by atoms with E-state index < -0.39 is 5.60 Å². The third-order valence-electron chi connectivity index (χ3n) is 5.76. The molecule has 27 heavy (non-hydrogen) atoms. The van der Waals surface area contributed by atoms with Crippen molar-refractivity contribution in [2.45, 2.75) is 40.2 Å². The lowest BCUT2D eigenvalue weighted by Gasteiger charge is -2.43. The highest BCUT2D eigenvalue weighted by Crippen LogP contribution is 2.43. The largest absolute Gasteiger partial charge is 0.409 e. The fourth-order valence-electron chi connectivity index (χ4n) is 3.44. The molecule has 0 fully saturated rings. The molecule has 0 amide bonds. The van der Waals surface area contributed by atoms with E-state index >= 15 is 0 Å². The highest BCUT2D eigenvalue weighted by atomic mass is 28.2. The molecule has 1 aromatic heterocycles. The van der Waals surface area contributed by atoms with E-state index in [1.807, 2.05) is 0 Å². The van der Waals surface area contributed by atoms with E-state index in [-0.39, 0.29) is 11.4 Å². The Balaban J connectivity index is 2.03. The summed E-state index contributed by atoms with van der Waals surface area (Å²) in [6.07, 6.45) is 3.50. The van der Waals surface area contributed by atoms with Crippen molar-refractivity contribution >= 4 is 27.2 Å². The van der Waals surface area contributed by atoms with Gasteiger partial charge in [0.15, 0.2) is 0 Å². The van der Waals surface area contributed by atoms with Crippen molar-refractivity contribution in [1.29, 1.82) is 0 Å². The normalized spacial score (nSPS) is 15.5.